The number of carbonyl (C=O) groups is 1. The summed E-state index contributed by atoms with van der Waals surface area (Å²) in [7, 11) is 0. The van der Waals surface area contributed by atoms with Crippen molar-refractivity contribution >= 4 is 36.4 Å². The molecule has 21 heavy (non-hydrogen) atoms. The number of hydrogen-bond donors (Lipinski definition) is 2. The summed E-state index contributed by atoms with van der Waals surface area (Å²) in [6.45, 7) is 1.98. The second-order valence-electron chi connectivity index (χ2n) is 4.92. The molecule has 0 spiro atoms. The topological polar surface area (TPSA) is 99.5 Å². The van der Waals surface area contributed by atoms with Crippen molar-refractivity contribution in [1.29, 1.82) is 0 Å². The third kappa shape index (κ3) is 6.61. The number of aromatic nitrogens is 1. The number of carbonyl (C=O) groups excluding carboxylic acids is 1. The summed E-state index contributed by atoms with van der Waals surface area (Å²) in [6, 6.07) is -0.516. The predicted molar refractivity (Wildman–Crippen MR) is 90.1 cm³/mol. The second kappa shape index (κ2) is 10.8. The van der Waals surface area contributed by atoms with E-state index in [0.717, 1.165) is 25.7 Å². The van der Waals surface area contributed by atoms with Crippen LogP contribution in [-0.4, -0.2) is 22.4 Å². The first kappa shape index (κ1) is 15.0. The molecule has 0 bridgehead atoms. The lowest BCUT2D eigenvalue weighted by molar-refractivity contribution is -0.121. The highest BCUT2D eigenvalue weighted by Crippen LogP contribution is 2.30. The van der Waals surface area contributed by atoms with Gasteiger partial charge in [-0.3, -0.25) is 9.78 Å². The van der Waals surface area contributed by atoms with E-state index in [1.807, 2.05) is 6.92 Å². The van der Waals surface area contributed by atoms with E-state index >= 15 is 0 Å². The third-order valence-corrected chi connectivity index (χ3v) is 3.61. The molecular formula is C14H25Cl2N3O2. The molecule has 1 fully saturated rings. The molecule has 1 aromatic heterocycles. The van der Waals surface area contributed by atoms with Crippen LogP contribution in [0.3, 0.4) is 0 Å². The van der Waals surface area contributed by atoms with Gasteiger partial charge < -0.3 is 16.5 Å². The molecule has 5 N–H and O–H groups in total. The van der Waals surface area contributed by atoms with Gasteiger partial charge in [0.1, 0.15) is 0 Å². The molecule has 1 amide bonds. The first-order valence-corrected chi connectivity index (χ1v) is 6.32. The average molecular weight is 342 g/mol. The second-order valence-corrected chi connectivity index (χ2v) is 4.92. The number of nitrogens with zero attached hydrogens (tertiary/aromatic N) is 1. The van der Waals surface area contributed by atoms with Crippen molar-refractivity contribution in [3.63, 3.8) is 0 Å². The molecule has 7 heteroatoms. The molecule has 1 saturated carbocycles. The SMILES string of the molecule is Cl.Cl.O.[2H]c1nc([2H])c([2H])c(NC(=O)C2CCC([C@@H](C)N)CC2)c1[2H]. The van der Waals surface area contributed by atoms with Crippen LogP contribution in [0.15, 0.2) is 24.4 Å². The number of pyridine rings is 1. The lowest BCUT2D eigenvalue weighted by Crippen LogP contribution is -2.33. The van der Waals surface area contributed by atoms with E-state index in [4.69, 9.17) is 11.2 Å². The van der Waals surface area contributed by atoms with Gasteiger partial charge in [-0.2, -0.15) is 0 Å². The Labute approximate surface area is 143 Å². The number of nitrogens with one attached hydrogen (secondary N) is 1. The smallest absolute Gasteiger partial charge is 0.227 e. The molecule has 0 aromatic carbocycles. The summed E-state index contributed by atoms with van der Waals surface area (Å²) >= 11 is 0. The number of rotatable bonds is 3. The van der Waals surface area contributed by atoms with Crippen molar-refractivity contribution in [2.24, 2.45) is 17.6 Å². The summed E-state index contributed by atoms with van der Waals surface area (Å²) in [4.78, 5) is 15.8. The van der Waals surface area contributed by atoms with Gasteiger partial charge in [0, 0.05) is 30.0 Å². The van der Waals surface area contributed by atoms with E-state index < -0.39 is 12.3 Å². The van der Waals surface area contributed by atoms with Gasteiger partial charge in [0.05, 0.1) is 5.48 Å². The van der Waals surface area contributed by atoms with Crippen LogP contribution in [0.4, 0.5) is 5.69 Å². The Morgan fingerprint density at radius 2 is 1.86 bits per heavy atom. The summed E-state index contributed by atoms with van der Waals surface area (Å²) in [5.41, 5.74) is 5.79. The Morgan fingerprint density at radius 3 is 2.33 bits per heavy atom. The number of halogens is 2. The van der Waals surface area contributed by atoms with E-state index in [-0.39, 0.29) is 65.9 Å². The molecule has 2 rings (SSSR count). The first-order chi connectivity index (χ1) is 10.3. The van der Waals surface area contributed by atoms with Gasteiger partial charge in [-0.25, -0.2) is 0 Å². The van der Waals surface area contributed by atoms with Gasteiger partial charge in [0.15, 0.2) is 0 Å². The van der Waals surface area contributed by atoms with Crippen molar-refractivity contribution in [2.75, 3.05) is 5.32 Å². The van der Waals surface area contributed by atoms with Gasteiger partial charge in [-0.05, 0) is 50.6 Å². The maximum Gasteiger partial charge on any atom is 0.227 e. The molecular weight excluding hydrogens is 313 g/mol. The van der Waals surface area contributed by atoms with Crippen LogP contribution >= 0.6 is 24.8 Å². The van der Waals surface area contributed by atoms with Crippen LogP contribution in [0, 0.1) is 11.8 Å². The normalized spacial score (nSPS) is 24.5. The van der Waals surface area contributed by atoms with Crippen molar-refractivity contribution < 1.29 is 15.8 Å². The van der Waals surface area contributed by atoms with E-state index in [9.17, 15) is 4.79 Å². The molecule has 1 aliphatic rings. The molecule has 0 saturated heterocycles. The van der Waals surface area contributed by atoms with Crippen molar-refractivity contribution in [3.8, 4) is 0 Å². The molecule has 1 heterocycles. The number of amides is 1. The van der Waals surface area contributed by atoms with Gasteiger partial charge >= 0.3 is 0 Å². The Hall–Kier alpha value is -0.880. The quantitative estimate of drug-likeness (QED) is 0.880. The predicted octanol–water partition coefficient (Wildman–Crippen LogP) is 2.19. The van der Waals surface area contributed by atoms with Crippen molar-refractivity contribution in [2.45, 2.75) is 38.6 Å². The summed E-state index contributed by atoms with van der Waals surface area (Å²) in [5.74, 6) is 0.00333. The number of nitrogens with two attached hydrogens (primary N) is 1. The Kier molecular flexibility index (Phi) is 7.72. The Balaban J connectivity index is 0. The molecule has 1 aliphatic carbocycles. The maximum atomic E-state index is 12.3. The van der Waals surface area contributed by atoms with Gasteiger partial charge in [-0.15, -0.1) is 24.8 Å². The lowest BCUT2D eigenvalue weighted by Gasteiger charge is -2.29. The van der Waals surface area contributed by atoms with Crippen LogP contribution in [0.5, 0.6) is 0 Å². The van der Waals surface area contributed by atoms with Crippen LogP contribution < -0.4 is 11.1 Å². The molecule has 1 atom stereocenters. The maximum absolute atomic E-state index is 12.3. The minimum Gasteiger partial charge on any atom is -0.412 e. The fourth-order valence-corrected chi connectivity index (χ4v) is 2.42. The largest absolute Gasteiger partial charge is 0.412 e. The first-order valence-electron chi connectivity index (χ1n) is 8.32. The molecule has 0 aliphatic heterocycles. The highest BCUT2D eigenvalue weighted by atomic mass is 35.5. The highest BCUT2D eigenvalue weighted by molar-refractivity contribution is 5.92. The van der Waals surface area contributed by atoms with Gasteiger partial charge in [0.25, 0.3) is 0 Å². The van der Waals surface area contributed by atoms with Gasteiger partial charge in [0.2, 0.25) is 5.91 Å². The van der Waals surface area contributed by atoms with Crippen molar-refractivity contribution in [3.05, 3.63) is 24.4 Å². The monoisotopic (exact) mass is 341 g/mol. The Morgan fingerprint density at radius 1 is 1.33 bits per heavy atom. The molecule has 1 aromatic rings. The van der Waals surface area contributed by atoms with E-state index in [2.05, 4.69) is 10.3 Å². The molecule has 0 unspecified atom stereocenters. The van der Waals surface area contributed by atoms with Crippen molar-refractivity contribution in [1.82, 2.24) is 4.98 Å². The summed E-state index contributed by atoms with van der Waals surface area (Å²) in [5, 5.41) is 2.55. The highest BCUT2D eigenvalue weighted by Gasteiger charge is 2.27. The lowest BCUT2D eigenvalue weighted by atomic mass is 9.79. The zero-order chi connectivity index (χ0) is 16.4. The Bertz CT molecular complexity index is 559. The zero-order valence-electron chi connectivity index (χ0n) is 15.8. The van der Waals surface area contributed by atoms with E-state index in [1.54, 1.807) is 0 Å². The molecule has 122 valence electrons. The minimum absolute atomic E-state index is 0. The summed E-state index contributed by atoms with van der Waals surface area (Å²) in [6.07, 6.45) is 2.42. The standard InChI is InChI=1S/C14H21N3O.2ClH.H2O/c1-10(15)11-2-4-12(5-3-11)14(18)17-13-6-8-16-9-7-13;;;/h6-12H,2-5,15H2,1H3,(H,16,17,18);2*1H;1H2/t10-,11?,12?;;;/m1.../s1/i6D,7D,8D,9D;;;. The molecule has 5 nitrogen and oxygen atoms in total. The van der Waals surface area contributed by atoms with Gasteiger partial charge in [-0.1, -0.05) is 0 Å². The number of anilines is 1. The van der Waals surface area contributed by atoms with Crippen LogP contribution in [0.25, 0.3) is 0 Å². The van der Waals surface area contributed by atoms with Crippen LogP contribution in [-0.2, 0) is 4.79 Å². The number of hydrogen-bond acceptors (Lipinski definition) is 3. The zero-order valence-corrected chi connectivity index (χ0v) is 13.4. The third-order valence-electron chi connectivity index (χ3n) is 3.61. The average Bonchev–Trinajstić information content (AvgIpc) is 2.49. The van der Waals surface area contributed by atoms with E-state index in [1.165, 1.54) is 0 Å². The van der Waals surface area contributed by atoms with Crippen LogP contribution in [0.2, 0.25) is 0 Å². The van der Waals surface area contributed by atoms with E-state index in [0.29, 0.717) is 5.92 Å². The summed E-state index contributed by atoms with van der Waals surface area (Å²) < 4.78 is 30.5. The fraction of sp³-hybridized carbons (Fsp3) is 0.571. The minimum atomic E-state index is -0.406. The van der Waals surface area contributed by atoms with Crippen LogP contribution in [0.1, 0.15) is 38.1 Å². The molecule has 0 radical (unpaired) electrons. The fourth-order valence-electron chi connectivity index (χ4n) is 2.42.